The Balaban J connectivity index is 1.54. The van der Waals surface area contributed by atoms with Crippen molar-refractivity contribution >= 4 is 22.7 Å². The van der Waals surface area contributed by atoms with Crippen LogP contribution in [0.4, 0.5) is 0 Å². The number of likely N-dealkylation sites (tertiary alicyclic amines) is 1. The SMILES string of the molecule is CN1CC[C@@](O)(c2cc(-c3cccc(-c4cc5cn[nH]c5c(C(N)=O)n4)c3)no2)C1=O. The number of carbonyl (C=O) groups is 2. The fourth-order valence-corrected chi connectivity index (χ4v) is 3.80. The summed E-state index contributed by atoms with van der Waals surface area (Å²) >= 11 is 0. The van der Waals surface area contributed by atoms with Gasteiger partial charge < -0.3 is 20.3 Å². The Morgan fingerprint density at radius 1 is 1.26 bits per heavy atom. The first-order chi connectivity index (χ1) is 14.9. The molecular weight excluding hydrogens is 400 g/mol. The van der Waals surface area contributed by atoms with E-state index in [1.807, 2.05) is 24.3 Å². The molecule has 10 heteroatoms. The lowest BCUT2D eigenvalue weighted by Crippen LogP contribution is -2.35. The van der Waals surface area contributed by atoms with Gasteiger partial charge >= 0.3 is 0 Å². The molecule has 2 amide bonds. The summed E-state index contributed by atoms with van der Waals surface area (Å²) < 4.78 is 5.33. The van der Waals surface area contributed by atoms with Gasteiger partial charge in [-0.2, -0.15) is 5.10 Å². The lowest BCUT2D eigenvalue weighted by Gasteiger charge is -2.16. The Hall–Kier alpha value is -4.05. The van der Waals surface area contributed by atoms with E-state index in [-0.39, 0.29) is 17.9 Å². The second kappa shape index (κ2) is 6.74. The van der Waals surface area contributed by atoms with E-state index in [9.17, 15) is 14.7 Å². The molecule has 4 aromatic rings. The van der Waals surface area contributed by atoms with Crippen molar-refractivity contribution in [3.63, 3.8) is 0 Å². The maximum atomic E-state index is 12.3. The smallest absolute Gasteiger partial charge is 0.269 e. The highest BCUT2D eigenvalue weighted by molar-refractivity contribution is 6.03. The molecule has 0 unspecified atom stereocenters. The van der Waals surface area contributed by atoms with Crippen LogP contribution < -0.4 is 5.73 Å². The molecule has 4 N–H and O–H groups in total. The van der Waals surface area contributed by atoms with Crippen LogP contribution in [0.5, 0.6) is 0 Å². The zero-order chi connectivity index (χ0) is 21.8. The molecule has 4 heterocycles. The summed E-state index contributed by atoms with van der Waals surface area (Å²) in [5.41, 5.74) is 6.78. The number of hydrogen-bond donors (Lipinski definition) is 3. The van der Waals surface area contributed by atoms with Gasteiger partial charge in [-0.1, -0.05) is 23.4 Å². The van der Waals surface area contributed by atoms with Crippen LogP contribution in [-0.2, 0) is 10.4 Å². The van der Waals surface area contributed by atoms with E-state index in [0.717, 1.165) is 5.56 Å². The van der Waals surface area contributed by atoms with Crippen molar-refractivity contribution in [2.75, 3.05) is 13.6 Å². The van der Waals surface area contributed by atoms with E-state index >= 15 is 0 Å². The fourth-order valence-electron chi connectivity index (χ4n) is 3.80. The van der Waals surface area contributed by atoms with E-state index in [2.05, 4.69) is 20.3 Å². The minimum Gasteiger partial charge on any atom is -0.373 e. The Bertz CT molecular complexity index is 1340. The molecule has 1 fully saturated rings. The number of nitrogens with two attached hydrogens (primary N) is 1. The van der Waals surface area contributed by atoms with E-state index < -0.39 is 17.4 Å². The van der Waals surface area contributed by atoms with Crippen molar-refractivity contribution in [3.05, 3.63) is 54.0 Å². The maximum Gasteiger partial charge on any atom is 0.269 e. The Kier molecular flexibility index (Phi) is 4.12. The first-order valence-electron chi connectivity index (χ1n) is 9.57. The molecule has 1 aliphatic rings. The van der Waals surface area contributed by atoms with E-state index in [1.165, 1.54) is 4.90 Å². The molecule has 1 atom stereocenters. The highest BCUT2D eigenvalue weighted by Gasteiger charge is 2.48. The second-order valence-corrected chi connectivity index (χ2v) is 7.55. The number of primary amides is 1. The van der Waals surface area contributed by atoms with Crippen molar-refractivity contribution in [2.45, 2.75) is 12.0 Å². The highest BCUT2D eigenvalue weighted by Crippen LogP contribution is 2.35. The number of rotatable bonds is 4. The van der Waals surface area contributed by atoms with Crippen molar-refractivity contribution < 1.29 is 19.2 Å². The number of amides is 2. The molecule has 0 spiro atoms. The van der Waals surface area contributed by atoms with Gasteiger partial charge in [0.25, 0.3) is 11.8 Å². The Morgan fingerprint density at radius 2 is 2.03 bits per heavy atom. The number of aliphatic hydroxyl groups is 1. The lowest BCUT2D eigenvalue weighted by atomic mass is 9.97. The molecule has 1 aliphatic heterocycles. The normalized spacial score (nSPS) is 18.8. The van der Waals surface area contributed by atoms with Crippen LogP contribution in [0.1, 0.15) is 22.7 Å². The topological polar surface area (TPSA) is 151 Å². The van der Waals surface area contributed by atoms with Gasteiger partial charge in [-0.15, -0.1) is 0 Å². The minimum absolute atomic E-state index is 0.102. The van der Waals surface area contributed by atoms with Crippen molar-refractivity contribution in [3.8, 4) is 22.5 Å². The molecular formula is C21H18N6O4. The van der Waals surface area contributed by atoms with Gasteiger partial charge in [0, 0.05) is 42.6 Å². The third-order valence-corrected chi connectivity index (χ3v) is 5.54. The van der Waals surface area contributed by atoms with Gasteiger partial charge in [-0.3, -0.25) is 14.7 Å². The summed E-state index contributed by atoms with van der Waals surface area (Å²) in [5, 5.41) is 22.2. The van der Waals surface area contributed by atoms with Crippen molar-refractivity contribution in [1.82, 2.24) is 25.2 Å². The Labute approximate surface area is 175 Å². The van der Waals surface area contributed by atoms with Crippen LogP contribution >= 0.6 is 0 Å². The molecule has 1 saturated heterocycles. The standard InChI is InChI=1S/C21H18N6O4/c1-27-6-5-21(30,20(27)29)16-9-15(26-31-16)12-4-2-3-11(7-12)14-8-13-10-23-25-17(13)18(24-14)19(22)28/h2-4,7-10,30H,5-6H2,1H3,(H2,22,28)(H,23,25)/t21-/m1/s1. The average molecular weight is 418 g/mol. The van der Waals surface area contributed by atoms with Gasteiger partial charge in [0.05, 0.1) is 17.4 Å². The highest BCUT2D eigenvalue weighted by atomic mass is 16.5. The number of aromatic nitrogens is 4. The fraction of sp³-hybridized carbons (Fsp3) is 0.190. The first kappa shape index (κ1) is 18.9. The van der Waals surface area contributed by atoms with Crippen molar-refractivity contribution in [1.29, 1.82) is 0 Å². The molecule has 0 radical (unpaired) electrons. The monoisotopic (exact) mass is 418 g/mol. The van der Waals surface area contributed by atoms with Crippen molar-refractivity contribution in [2.24, 2.45) is 5.73 Å². The number of H-pyrrole nitrogens is 1. The summed E-state index contributed by atoms with van der Waals surface area (Å²) in [4.78, 5) is 30.0. The summed E-state index contributed by atoms with van der Waals surface area (Å²) in [6.45, 7) is 0.436. The second-order valence-electron chi connectivity index (χ2n) is 7.55. The molecule has 1 aromatic carbocycles. The molecule has 0 aliphatic carbocycles. The predicted octanol–water partition coefficient (Wildman–Crippen LogP) is 1.43. The van der Waals surface area contributed by atoms with Gasteiger partial charge in [-0.05, 0) is 12.1 Å². The van der Waals surface area contributed by atoms with E-state index in [4.69, 9.17) is 10.3 Å². The Morgan fingerprint density at radius 3 is 2.74 bits per heavy atom. The molecule has 3 aromatic heterocycles. The number of pyridine rings is 1. The largest absolute Gasteiger partial charge is 0.373 e. The molecule has 156 valence electrons. The summed E-state index contributed by atoms with van der Waals surface area (Å²) in [5.74, 6) is -0.968. The number of aromatic amines is 1. The lowest BCUT2D eigenvalue weighted by molar-refractivity contribution is -0.144. The van der Waals surface area contributed by atoms with Gasteiger partial charge in [-0.25, -0.2) is 4.98 Å². The van der Waals surface area contributed by atoms with Gasteiger partial charge in [0.1, 0.15) is 5.69 Å². The molecule has 5 rings (SSSR count). The van der Waals surface area contributed by atoms with Crippen LogP contribution in [0.15, 0.2) is 47.1 Å². The van der Waals surface area contributed by atoms with Gasteiger partial charge in [0.2, 0.25) is 5.60 Å². The summed E-state index contributed by atoms with van der Waals surface area (Å²) in [6.07, 6.45) is 1.83. The number of nitrogens with one attached hydrogen (secondary N) is 1. The zero-order valence-electron chi connectivity index (χ0n) is 16.5. The third kappa shape index (κ3) is 2.96. The number of hydrogen-bond acceptors (Lipinski definition) is 7. The average Bonchev–Trinajstić information content (AvgIpc) is 3.50. The number of likely N-dealkylation sites (N-methyl/N-ethyl adjacent to an activating group) is 1. The predicted molar refractivity (Wildman–Crippen MR) is 109 cm³/mol. The van der Waals surface area contributed by atoms with Gasteiger partial charge in [0.15, 0.2) is 11.5 Å². The first-order valence-corrected chi connectivity index (χ1v) is 9.57. The van der Waals surface area contributed by atoms with Crippen LogP contribution in [0.2, 0.25) is 0 Å². The number of fused-ring (bicyclic) bond motifs is 1. The van der Waals surface area contributed by atoms with Crippen LogP contribution in [0, 0.1) is 0 Å². The molecule has 0 bridgehead atoms. The van der Waals surface area contributed by atoms with E-state index in [0.29, 0.717) is 34.4 Å². The molecule has 0 saturated carbocycles. The third-order valence-electron chi connectivity index (χ3n) is 5.54. The van der Waals surface area contributed by atoms with Crippen LogP contribution in [0.25, 0.3) is 33.4 Å². The number of carbonyl (C=O) groups excluding carboxylic acids is 2. The maximum absolute atomic E-state index is 12.3. The number of nitrogens with zero attached hydrogens (tertiary/aromatic N) is 4. The molecule has 31 heavy (non-hydrogen) atoms. The zero-order valence-corrected chi connectivity index (χ0v) is 16.5. The van der Waals surface area contributed by atoms with E-state index in [1.54, 1.807) is 25.4 Å². The minimum atomic E-state index is -1.71. The quantitative estimate of drug-likeness (QED) is 0.453. The van der Waals surface area contributed by atoms with Crippen LogP contribution in [0.3, 0.4) is 0 Å². The molecule has 10 nitrogen and oxygen atoms in total. The summed E-state index contributed by atoms with van der Waals surface area (Å²) in [7, 11) is 1.63. The van der Waals surface area contributed by atoms with Crippen LogP contribution in [-0.4, -0.2) is 55.8 Å². The summed E-state index contributed by atoms with van der Waals surface area (Å²) in [6, 6.07) is 10.7. The number of benzene rings is 1.